The molecule has 7 aromatic carbocycles. The van der Waals surface area contributed by atoms with E-state index in [-0.39, 0.29) is 0 Å². The Morgan fingerprint density at radius 2 is 0.960 bits per heavy atom. The van der Waals surface area contributed by atoms with Crippen LogP contribution in [0.15, 0.2) is 174 Å². The van der Waals surface area contributed by atoms with Gasteiger partial charge in [-0.15, -0.1) is 0 Å². The molecular weight excluding hydrogens is 613 g/mol. The van der Waals surface area contributed by atoms with Gasteiger partial charge >= 0.3 is 0 Å². The number of rotatable bonds is 5. The molecule has 10 rings (SSSR count). The van der Waals surface area contributed by atoms with Gasteiger partial charge in [-0.3, -0.25) is 0 Å². The summed E-state index contributed by atoms with van der Waals surface area (Å²) in [6, 6.07) is 58.5. The van der Waals surface area contributed by atoms with Gasteiger partial charge in [0.2, 0.25) is 0 Å². The number of benzene rings is 7. The van der Waals surface area contributed by atoms with Gasteiger partial charge in [0.15, 0.2) is 17.5 Å². The second-order valence-corrected chi connectivity index (χ2v) is 12.4. The van der Waals surface area contributed by atoms with Crippen molar-refractivity contribution in [2.75, 3.05) is 0 Å². The van der Waals surface area contributed by atoms with Crippen molar-refractivity contribution in [1.29, 1.82) is 0 Å². The minimum Gasteiger partial charge on any atom is -0.455 e. The van der Waals surface area contributed by atoms with E-state index < -0.39 is 0 Å². The summed E-state index contributed by atoms with van der Waals surface area (Å²) in [6.07, 6.45) is 0. The highest BCUT2D eigenvalue weighted by Crippen LogP contribution is 2.40. The molecule has 50 heavy (non-hydrogen) atoms. The van der Waals surface area contributed by atoms with Crippen molar-refractivity contribution in [3.05, 3.63) is 170 Å². The van der Waals surface area contributed by atoms with E-state index in [9.17, 15) is 0 Å². The van der Waals surface area contributed by atoms with Crippen LogP contribution in [-0.4, -0.2) is 19.5 Å². The quantitative estimate of drug-likeness (QED) is 0.188. The first-order valence-electron chi connectivity index (χ1n) is 16.7. The molecule has 234 valence electrons. The van der Waals surface area contributed by atoms with Crippen LogP contribution in [0.25, 0.3) is 94.7 Å². The fourth-order valence-electron chi connectivity index (χ4n) is 7.20. The van der Waals surface area contributed by atoms with E-state index in [0.29, 0.717) is 17.5 Å². The van der Waals surface area contributed by atoms with Crippen LogP contribution in [-0.2, 0) is 0 Å². The summed E-state index contributed by atoms with van der Waals surface area (Å²) < 4.78 is 8.77. The molecule has 0 saturated carbocycles. The van der Waals surface area contributed by atoms with E-state index >= 15 is 0 Å². The Morgan fingerprint density at radius 1 is 0.400 bits per heavy atom. The van der Waals surface area contributed by atoms with Crippen LogP contribution in [0.5, 0.6) is 0 Å². The lowest BCUT2D eigenvalue weighted by Gasteiger charge is -2.11. The maximum Gasteiger partial charge on any atom is 0.164 e. The second kappa shape index (κ2) is 11.4. The van der Waals surface area contributed by atoms with E-state index in [0.717, 1.165) is 77.2 Å². The number of hydrogen-bond donors (Lipinski definition) is 0. The molecule has 0 spiro atoms. The average Bonchev–Trinajstić information content (AvgIpc) is 3.75. The molecule has 10 aromatic rings. The summed E-state index contributed by atoms with van der Waals surface area (Å²) >= 11 is 0. The Hall–Kier alpha value is -6.85. The van der Waals surface area contributed by atoms with Gasteiger partial charge in [-0.25, -0.2) is 15.0 Å². The van der Waals surface area contributed by atoms with E-state index in [1.807, 2.05) is 72.8 Å². The topological polar surface area (TPSA) is 56.7 Å². The highest BCUT2D eigenvalue weighted by atomic mass is 16.3. The molecule has 0 aliphatic heterocycles. The standard InChI is InChI=1S/C45H28N4O/c1-3-14-29(15-4-1)43-46-44(30-16-5-2-6-17-30)48-45(47-43)37-24-13-26-39-41(37)36-21-7-9-25-38(36)49(39)32-19-11-18-31(28-32)33-22-12-23-35-34-20-8-10-27-40(34)50-42(33)35/h1-28H. The van der Waals surface area contributed by atoms with Gasteiger partial charge in [-0.1, -0.05) is 140 Å². The molecule has 3 aromatic heterocycles. The van der Waals surface area contributed by atoms with Crippen molar-refractivity contribution in [2.24, 2.45) is 0 Å². The summed E-state index contributed by atoms with van der Waals surface area (Å²) in [7, 11) is 0. The molecule has 0 fully saturated rings. The van der Waals surface area contributed by atoms with Crippen LogP contribution in [0.1, 0.15) is 0 Å². The van der Waals surface area contributed by atoms with Gasteiger partial charge in [-0.2, -0.15) is 0 Å². The zero-order valence-electron chi connectivity index (χ0n) is 26.9. The average molecular weight is 641 g/mol. The summed E-state index contributed by atoms with van der Waals surface area (Å²) in [5.74, 6) is 1.92. The zero-order valence-corrected chi connectivity index (χ0v) is 26.9. The maximum atomic E-state index is 6.43. The van der Waals surface area contributed by atoms with E-state index in [1.54, 1.807) is 0 Å². The zero-order chi connectivity index (χ0) is 33.0. The first-order valence-corrected chi connectivity index (χ1v) is 16.7. The van der Waals surface area contributed by atoms with Crippen molar-refractivity contribution < 1.29 is 4.42 Å². The first kappa shape index (κ1) is 28.2. The van der Waals surface area contributed by atoms with Crippen molar-refractivity contribution in [3.63, 3.8) is 0 Å². The Morgan fingerprint density at radius 3 is 1.74 bits per heavy atom. The summed E-state index contributed by atoms with van der Waals surface area (Å²) in [5, 5.41) is 4.47. The van der Waals surface area contributed by atoms with Crippen LogP contribution < -0.4 is 0 Å². The van der Waals surface area contributed by atoms with Gasteiger partial charge in [0.05, 0.1) is 11.0 Å². The highest BCUT2D eigenvalue weighted by Gasteiger charge is 2.20. The van der Waals surface area contributed by atoms with E-state index in [4.69, 9.17) is 19.4 Å². The summed E-state index contributed by atoms with van der Waals surface area (Å²) in [4.78, 5) is 15.1. The molecule has 0 aliphatic rings. The lowest BCUT2D eigenvalue weighted by atomic mass is 10.0. The maximum absolute atomic E-state index is 6.43. The van der Waals surface area contributed by atoms with Crippen LogP contribution in [0.3, 0.4) is 0 Å². The highest BCUT2D eigenvalue weighted by molar-refractivity contribution is 6.15. The van der Waals surface area contributed by atoms with Crippen molar-refractivity contribution in [1.82, 2.24) is 19.5 Å². The molecule has 5 nitrogen and oxygen atoms in total. The Bertz CT molecular complexity index is 2810. The molecule has 0 atom stereocenters. The van der Waals surface area contributed by atoms with Gasteiger partial charge < -0.3 is 8.98 Å². The third kappa shape index (κ3) is 4.52. The van der Waals surface area contributed by atoms with E-state index in [2.05, 4.69) is 102 Å². The summed E-state index contributed by atoms with van der Waals surface area (Å²) in [5.41, 5.74) is 10.0. The number of fused-ring (bicyclic) bond motifs is 6. The molecule has 0 unspecified atom stereocenters. The van der Waals surface area contributed by atoms with Crippen LogP contribution in [0, 0.1) is 0 Å². The molecule has 0 radical (unpaired) electrons. The van der Waals surface area contributed by atoms with Crippen LogP contribution in [0.4, 0.5) is 0 Å². The third-order valence-electron chi connectivity index (χ3n) is 9.46. The molecule has 0 amide bonds. The van der Waals surface area contributed by atoms with Crippen molar-refractivity contribution in [2.45, 2.75) is 0 Å². The minimum atomic E-state index is 0.636. The Balaban J connectivity index is 1.19. The molecule has 0 saturated heterocycles. The molecule has 3 heterocycles. The number of furan rings is 1. The normalized spacial score (nSPS) is 11.6. The molecule has 0 N–H and O–H groups in total. The van der Waals surface area contributed by atoms with Crippen molar-refractivity contribution >= 4 is 43.7 Å². The van der Waals surface area contributed by atoms with Gasteiger partial charge in [-0.05, 0) is 35.9 Å². The molecular formula is C45H28N4O. The SMILES string of the molecule is c1ccc(-c2nc(-c3ccccc3)nc(-c3cccc4c3c3ccccc3n4-c3cccc(-c4cccc5c4oc4ccccc45)c3)n2)cc1. The molecule has 0 aliphatic carbocycles. The number of aromatic nitrogens is 4. The fraction of sp³-hybridized carbons (Fsp3) is 0. The van der Waals surface area contributed by atoms with Crippen LogP contribution in [0.2, 0.25) is 0 Å². The Labute approximate surface area is 287 Å². The van der Waals surface area contributed by atoms with Gasteiger partial charge in [0.1, 0.15) is 11.2 Å². The second-order valence-electron chi connectivity index (χ2n) is 12.4. The lowest BCUT2D eigenvalue weighted by Crippen LogP contribution is -2.00. The molecule has 0 bridgehead atoms. The summed E-state index contributed by atoms with van der Waals surface area (Å²) in [6.45, 7) is 0. The monoisotopic (exact) mass is 640 g/mol. The lowest BCUT2D eigenvalue weighted by molar-refractivity contribution is 0.670. The van der Waals surface area contributed by atoms with Gasteiger partial charge in [0.25, 0.3) is 0 Å². The van der Waals surface area contributed by atoms with Gasteiger partial charge in [0, 0.05) is 49.5 Å². The smallest absolute Gasteiger partial charge is 0.164 e. The first-order chi connectivity index (χ1) is 24.8. The third-order valence-corrected chi connectivity index (χ3v) is 9.46. The fourth-order valence-corrected chi connectivity index (χ4v) is 7.20. The Kier molecular flexibility index (Phi) is 6.42. The largest absolute Gasteiger partial charge is 0.455 e. The van der Waals surface area contributed by atoms with Crippen LogP contribution >= 0.6 is 0 Å². The predicted molar refractivity (Wildman–Crippen MR) is 203 cm³/mol. The van der Waals surface area contributed by atoms with Crippen molar-refractivity contribution in [3.8, 4) is 51.0 Å². The molecule has 5 heteroatoms. The minimum absolute atomic E-state index is 0.636. The number of para-hydroxylation sites is 3. The number of hydrogen-bond acceptors (Lipinski definition) is 4. The number of nitrogens with zero attached hydrogens (tertiary/aromatic N) is 4. The predicted octanol–water partition coefficient (Wildman–Crippen LogP) is 11.5. The van der Waals surface area contributed by atoms with E-state index in [1.165, 1.54) is 0 Å².